The van der Waals surface area contributed by atoms with E-state index in [0.717, 1.165) is 19.3 Å². The zero-order valence-corrected chi connectivity index (χ0v) is 11.6. The summed E-state index contributed by atoms with van der Waals surface area (Å²) in [5, 5.41) is 10.5. The fraction of sp³-hybridized carbons (Fsp3) is 0.357. The molecular weight excluding hydrogens is 268 g/mol. The third-order valence-electron chi connectivity index (χ3n) is 3.71. The summed E-state index contributed by atoms with van der Waals surface area (Å²) in [6.45, 7) is 1.41. The summed E-state index contributed by atoms with van der Waals surface area (Å²) in [5.41, 5.74) is 0. The number of likely N-dealkylation sites (tertiary alicyclic amines) is 1. The molecule has 0 spiro atoms. The number of carbonyl (C=O) groups excluding carboxylic acids is 1. The van der Waals surface area contributed by atoms with Crippen LogP contribution in [0.2, 0.25) is 0 Å². The number of nitrogens with zero attached hydrogens (tertiary/aromatic N) is 5. The highest BCUT2D eigenvalue weighted by Crippen LogP contribution is 2.26. The summed E-state index contributed by atoms with van der Waals surface area (Å²) < 4.78 is 0.122. The maximum atomic E-state index is 12.8. The van der Waals surface area contributed by atoms with Gasteiger partial charge in [-0.15, -0.1) is 5.10 Å². The first-order valence-corrected chi connectivity index (χ1v) is 7.05. The molecule has 1 aliphatic rings. The Morgan fingerprint density at radius 1 is 1.05 bits per heavy atom. The van der Waals surface area contributed by atoms with Crippen molar-refractivity contribution in [2.24, 2.45) is 0 Å². The lowest BCUT2D eigenvalue weighted by Gasteiger charge is -2.35. The molecule has 2 amide bonds. The van der Waals surface area contributed by atoms with Crippen molar-refractivity contribution in [1.29, 1.82) is 0 Å². The fourth-order valence-corrected chi connectivity index (χ4v) is 2.64. The molecule has 108 valence electrons. The van der Waals surface area contributed by atoms with Crippen LogP contribution in [0.1, 0.15) is 19.3 Å². The molecule has 1 N–H and O–H groups in total. The van der Waals surface area contributed by atoms with Gasteiger partial charge in [0.1, 0.15) is 0 Å². The molecule has 0 radical (unpaired) electrons. The van der Waals surface area contributed by atoms with Gasteiger partial charge in [0.15, 0.2) is 5.82 Å². The molecule has 1 saturated heterocycles. The second-order valence-electron chi connectivity index (χ2n) is 5.06. The topological polar surface area (TPSA) is 80.7 Å². The number of hydrogen-bond donors (Lipinski definition) is 1. The number of hydrogen-bond acceptors (Lipinski definition) is 5. The van der Waals surface area contributed by atoms with E-state index in [9.17, 15) is 4.79 Å². The van der Waals surface area contributed by atoms with Crippen LogP contribution >= 0.6 is 0 Å². The average molecular weight is 285 g/mol. The van der Waals surface area contributed by atoms with Gasteiger partial charge in [0.25, 0.3) is 0 Å². The Kier molecular flexibility index (Phi) is 3.83. The molecule has 3 rings (SSSR count). The summed E-state index contributed by atoms with van der Waals surface area (Å²) in [6, 6.07) is 5.06. The lowest BCUT2D eigenvalue weighted by atomic mass is 10.1. The molecule has 0 bridgehead atoms. The molecule has 2 aromatic heterocycles. The quantitative estimate of drug-likeness (QED) is 0.853. The van der Waals surface area contributed by atoms with Crippen LogP contribution in [0.5, 0.6) is 0 Å². The van der Waals surface area contributed by atoms with E-state index in [1.165, 1.54) is 0 Å². The number of nitrogens with one attached hydrogen (secondary N) is 1. The third kappa shape index (κ3) is 2.73. The van der Waals surface area contributed by atoms with Crippen LogP contribution in [0.3, 0.4) is 0 Å². The fourth-order valence-electron chi connectivity index (χ4n) is 2.64. The van der Waals surface area contributed by atoms with Crippen LogP contribution in [0, 0.1) is 0 Å². The lowest BCUT2D eigenvalue weighted by Crippen LogP contribution is -2.60. The molecule has 0 saturated carbocycles. The zero-order chi connectivity index (χ0) is 14.5. The van der Waals surface area contributed by atoms with Crippen LogP contribution in [0.25, 0.3) is 0 Å². The molecule has 2 aromatic rings. The number of urea groups is 1. The van der Waals surface area contributed by atoms with Gasteiger partial charge < -0.3 is 0 Å². The van der Waals surface area contributed by atoms with E-state index in [-0.39, 0.29) is 10.5 Å². The number of quaternary nitrogens is 1. The Bertz CT molecular complexity index is 597. The maximum Gasteiger partial charge on any atom is 0.429 e. The van der Waals surface area contributed by atoms with Gasteiger partial charge in [-0.05, 0) is 37.5 Å². The molecule has 1 aliphatic heterocycles. The highest BCUT2D eigenvalue weighted by molar-refractivity contribution is 5.96. The SMILES string of the molecule is O=C(Nc1cccnn1)[N+]1(c2ncccn2)CCCCC1. The van der Waals surface area contributed by atoms with Gasteiger partial charge in [-0.3, -0.25) is 5.32 Å². The predicted octanol–water partition coefficient (Wildman–Crippen LogP) is 1.99. The van der Waals surface area contributed by atoms with Gasteiger partial charge in [0, 0.05) is 18.6 Å². The molecule has 0 unspecified atom stereocenters. The van der Waals surface area contributed by atoms with Crippen molar-refractivity contribution in [3.63, 3.8) is 0 Å². The van der Waals surface area contributed by atoms with Crippen LogP contribution in [0.15, 0.2) is 36.8 Å². The van der Waals surface area contributed by atoms with Crippen molar-refractivity contribution in [1.82, 2.24) is 24.6 Å². The van der Waals surface area contributed by atoms with E-state index < -0.39 is 0 Å². The van der Waals surface area contributed by atoms with Crippen LogP contribution in [-0.4, -0.2) is 39.3 Å². The summed E-state index contributed by atoms with van der Waals surface area (Å²) in [5.74, 6) is 0.986. The number of carbonyl (C=O) groups is 1. The minimum absolute atomic E-state index is 0.122. The van der Waals surface area contributed by atoms with Gasteiger partial charge >= 0.3 is 12.0 Å². The van der Waals surface area contributed by atoms with E-state index in [0.29, 0.717) is 24.9 Å². The monoisotopic (exact) mass is 285 g/mol. The molecule has 1 fully saturated rings. The average Bonchev–Trinajstić information content (AvgIpc) is 2.57. The van der Waals surface area contributed by atoms with Crippen LogP contribution in [0.4, 0.5) is 16.6 Å². The van der Waals surface area contributed by atoms with Crippen molar-refractivity contribution in [2.75, 3.05) is 18.4 Å². The van der Waals surface area contributed by atoms with E-state index in [1.807, 2.05) is 0 Å². The molecule has 0 aliphatic carbocycles. The highest BCUT2D eigenvalue weighted by atomic mass is 16.2. The van der Waals surface area contributed by atoms with Gasteiger partial charge in [0.05, 0.1) is 13.1 Å². The molecule has 21 heavy (non-hydrogen) atoms. The van der Waals surface area contributed by atoms with Gasteiger partial charge in [0.2, 0.25) is 0 Å². The van der Waals surface area contributed by atoms with E-state index >= 15 is 0 Å². The molecule has 7 nitrogen and oxygen atoms in total. The van der Waals surface area contributed by atoms with Gasteiger partial charge in [-0.1, -0.05) is 0 Å². The predicted molar refractivity (Wildman–Crippen MR) is 78.5 cm³/mol. The minimum atomic E-state index is -0.151. The Morgan fingerprint density at radius 3 is 2.48 bits per heavy atom. The van der Waals surface area contributed by atoms with Gasteiger partial charge in [-0.25, -0.2) is 4.79 Å². The minimum Gasteiger partial charge on any atom is -0.257 e. The maximum absolute atomic E-state index is 12.8. The Balaban J connectivity index is 1.90. The zero-order valence-electron chi connectivity index (χ0n) is 11.6. The first-order valence-electron chi connectivity index (χ1n) is 7.05. The Labute approximate surface area is 122 Å². The second-order valence-corrected chi connectivity index (χ2v) is 5.06. The lowest BCUT2D eigenvalue weighted by molar-refractivity contribution is 0.196. The Morgan fingerprint density at radius 2 is 1.81 bits per heavy atom. The smallest absolute Gasteiger partial charge is 0.257 e. The number of aromatic nitrogens is 4. The first-order chi connectivity index (χ1) is 10.3. The number of piperidine rings is 1. The molecule has 7 heteroatoms. The van der Waals surface area contributed by atoms with Crippen LogP contribution in [-0.2, 0) is 0 Å². The van der Waals surface area contributed by atoms with Crippen molar-refractivity contribution >= 4 is 17.8 Å². The second kappa shape index (κ2) is 5.92. The molecule has 0 aromatic carbocycles. The number of anilines is 1. The van der Waals surface area contributed by atoms with E-state index in [2.05, 4.69) is 25.5 Å². The van der Waals surface area contributed by atoms with E-state index in [4.69, 9.17) is 0 Å². The van der Waals surface area contributed by atoms with Crippen LogP contribution < -0.4 is 9.80 Å². The third-order valence-corrected chi connectivity index (χ3v) is 3.71. The highest BCUT2D eigenvalue weighted by Gasteiger charge is 2.43. The summed E-state index contributed by atoms with van der Waals surface area (Å²) >= 11 is 0. The summed E-state index contributed by atoms with van der Waals surface area (Å²) in [6.07, 6.45) is 8.00. The molecule has 3 heterocycles. The summed E-state index contributed by atoms with van der Waals surface area (Å²) in [4.78, 5) is 21.4. The van der Waals surface area contributed by atoms with Crippen molar-refractivity contribution in [2.45, 2.75) is 19.3 Å². The molecule has 0 atom stereocenters. The Hall–Kier alpha value is -2.41. The van der Waals surface area contributed by atoms with Gasteiger partial charge in [-0.2, -0.15) is 19.5 Å². The molecular formula is C14H17N6O+. The number of rotatable bonds is 2. The largest absolute Gasteiger partial charge is 0.429 e. The number of amides is 2. The summed E-state index contributed by atoms with van der Waals surface area (Å²) in [7, 11) is 0. The van der Waals surface area contributed by atoms with Crippen molar-refractivity contribution in [3.05, 3.63) is 36.8 Å². The van der Waals surface area contributed by atoms with E-state index in [1.54, 1.807) is 36.8 Å². The van der Waals surface area contributed by atoms with Crippen molar-refractivity contribution in [3.8, 4) is 0 Å². The first kappa shape index (κ1) is 13.6. The standard InChI is InChI=1S/C14H16N6O/c21-14(18-12-6-4-9-17-19-12)20(10-2-1-3-11-20)13-15-7-5-8-16-13/h4-9H,1-3,10-11H2/p+1. The van der Waals surface area contributed by atoms with Crippen molar-refractivity contribution < 1.29 is 4.79 Å². The normalized spacial score (nSPS) is 17.1.